The van der Waals surface area contributed by atoms with Crippen molar-refractivity contribution in [3.05, 3.63) is 28.0 Å². The van der Waals surface area contributed by atoms with Gasteiger partial charge >= 0.3 is 6.01 Å². The molecular weight excluding hydrogens is 341 g/mol. The van der Waals surface area contributed by atoms with Gasteiger partial charge in [0.2, 0.25) is 11.9 Å². The Labute approximate surface area is 130 Å². The molecule has 0 aliphatic heterocycles. The van der Waals surface area contributed by atoms with E-state index in [-0.39, 0.29) is 29.8 Å². The summed E-state index contributed by atoms with van der Waals surface area (Å²) in [6.45, 7) is 5.53. The summed E-state index contributed by atoms with van der Waals surface area (Å²) in [4.78, 5) is 11.9. The normalized spacial score (nSPS) is 10.8. The van der Waals surface area contributed by atoms with Crippen LogP contribution in [0.4, 0.5) is 22.0 Å². The number of benzene rings is 1. The quantitative estimate of drug-likeness (QED) is 0.875. The van der Waals surface area contributed by atoms with Crippen molar-refractivity contribution < 1.29 is 9.13 Å². The molecule has 0 radical (unpaired) electrons. The fourth-order valence-electron chi connectivity index (χ4n) is 1.59. The van der Waals surface area contributed by atoms with Crippen molar-refractivity contribution in [1.82, 2.24) is 15.0 Å². The summed E-state index contributed by atoms with van der Waals surface area (Å²) in [6, 6.07) is 3.13. The summed E-state index contributed by atoms with van der Waals surface area (Å²) in [6.07, 6.45) is -0.0912. The molecule has 0 fully saturated rings. The maximum atomic E-state index is 13.6. The number of rotatable bonds is 4. The predicted molar refractivity (Wildman–Crippen MR) is 82.1 cm³/mol. The zero-order valence-corrected chi connectivity index (χ0v) is 13.4. The third-order valence-corrected chi connectivity index (χ3v) is 3.09. The molecule has 1 aromatic heterocycles. The van der Waals surface area contributed by atoms with Gasteiger partial charge in [-0.25, -0.2) is 4.39 Å². The monoisotopic (exact) mass is 355 g/mol. The van der Waals surface area contributed by atoms with Gasteiger partial charge in [-0.1, -0.05) is 0 Å². The number of halogens is 2. The zero-order valence-electron chi connectivity index (χ0n) is 11.8. The van der Waals surface area contributed by atoms with Gasteiger partial charge in [-0.2, -0.15) is 15.0 Å². The Morgan fingerprint density at radius 1 is 1.29 bits per heavy atom. The molecule has 1 aromatic carbocycles. The molecule has 0 unspecified atom stereocenters. The lowest BCUT2D eigenvalue weighted by atomic mass is 10.2. The topological polar surface area (TPSA) is 86.0 Å². The third kappa shape index (κ3) is 4.01. The Hall–Kier alpha value is -1.96. The first kappa shape index (κ1) is 15.4. The summed E-state index contributed by atoms with van der Waals surface area (Å²) >= 11 is 3.13. The predicted octanol–water partition coefficient (Wildman–Crippen LogP) is 3.19. The Bertz CT molecular complexity index is 665. The van der Waals surface area contributed by atoms with E-state index in [9.17, 15) is 4.39 Å². The summed E-state index contributed by atoms with van der Waals surface area (Å²) in [5.41, 5.74) is 6.98. The van der Waals surface area contributed by atoms with Gasteiger partial charge < -0.3 is 15.8 Å². The van der Waals surface area contributed by atoms with Gasteiger partial charge in [-0.05, 0) is 54.4 Å². The second-order valence-corrected chi connectivity index (χ2v) is 5.53. The number of aromatic nitrogens is 3. The number of ether oxygens (including phenoxy) is 1. The largest absolute Gasteiger partial charge is 0.461 e. The lowest BCUT2D eigenvalue weighted by molar-refractivity contribution is 0.222. The van der Waals surface area contributed by atoms with Crippen LogP contribution in [0.5, 0.6) is 6.01 Å². The highest BCUT2D eigenvalue weighted by atomic mass is 79.9. The summed E-state index contributed by atoms with van der Waals surface area (Å²) < 4.78 is 19.4. The van der Waals surface area contributed by atoms with Gasteiger partial charge in [0.05, 0.1) is 10.6 Å². The molecule has 0 aliphatic rings. The summed E-state index contributed by atoms with van der Waals surface area (Å²) in [7, 11) is 0. The van der Waals surface area contributed by atoms with Crippen LogP contribution in [0.1, 0.15) is 19.4 Å². The van der Waals surface area contributed by atoms with Crippen molar-refractivity contribution in [3.63, 3.8) is 0 Å². The summed E-state index contributed by atoms with van der Waals surface area (Å²) in [5.74, 6) is -0.162. The average molecular weight is 356 g/mol. The smallest absolute Gasteiger partial charge is 0.323 e. The van der Waals surface area contributed by atoms with Crippen molar-refractivity contribution >= 4 is 33.5 Å². The number of nitrogens with two attached hydrogens (primary N) is 1. The van der Waals surface area contributed by atoms with E-state index in [1.54, 1.807) is 6.07 Å². The lowest BCUT2D eigenvalue weighted by Crippen LogP contribution is -2.12. The molecule has 0 amide bonds. The first-order valence-corrected chi connectivity index (χ1v) is 7.05. The second-order valence-electron chi connectivity index (χ2n) is 4.67. The highest BCUT2D eigenvalue weighted by Crippen LogP contribution is 2.26. The first-order chi connectivity index (χ1) is 9.85. The molecule has 0 saturated carbocycles. The minimum Gasteiger partial charge on any atom is -0.461 e. The molecule has 2 rings (SSSR count). The fraction of sp³-hybridized carbons (Fsp3) is 0.308. The standard InChI is InChI=1S/C13H15BrFN5O/c1-6(2)21-13-19-11(16)18-12(20-13)17-10-5-9(15)8(14)4-7(10)3/h4-6H,1-3H3,(H3,16,17,18,19,20). The maximum absolute atomic E-state index is 13.6. The molecule has 8 heteroatoms. The van der Waals surface area contributed by atoms with Crippen molar-refractivity contribution in [1.29, 1.82) is 0 Å². The molecule has 0 atom stereocenters. The van der Waals surface area contributed by atoms with Gasteiger partial charge in [0.15, 0.2) is 0 Å². The van der Waals surface area contributed by atoms with E-state index >= 15 is 0 Å². The van der Waals surface area contributed by atoms with E-state index in [1.807, 2.05) is 20.8 Å². The van der Waals surface area contributed by atoms with Crippen LogP contribution in [0.15, 0.2) is 16.6 Å². The molecule has 21 heavy (non-hydrogen) atoms. The molecule has 0 bridgehead atoms. The molecule has 1 heterocycles. The van der Waals surface area contributed by atoms with Crippen LogP contribution in [-0.2, 0) is 0 Å². The second kappa shape index (κ2) is 6.21. The van der Waals surface area contributed by atoms with Gasteiger partial charge in [0.25, 0.3) is 0 Å². The molecule has 3 N–H and O–H groups in total. The lowest BCUT2D eigenvalue weighted by Gasteiger charge is -2.12. The molecule has 2 aromatic rings. The number of anilines is 3. The van der Waals surface area contributed by atoms with Crippen molar-refractivity contribution in [3.8, 4) is 6.01 Å². The van der Waals surface area contributed by atoms with Gasteiger partial charge in [0, 0.05) is 5.69 Å². The number of nitrogens with zero attached hydrogens (tertiary/aromatic N) is 3. The van der Waals surface area contributed by atoms with Gasteiger partial charge in [0.1, 0.15) is 5.82 Å². The van der Waals surface area contributed by atoms with Crippen LogP contribution < -0.4 is 15.8 Å². The first-order valence-electron chi connectivity index (χ1n) is 6.26. The van der Waals surface area contributed by atoms with Crippen LogP contribution in [0.2, 0.25) is 0 Å². The van der Waals surface area contributed by atoms with Crippen LogP contribution >= 0.6 is 15.9 Å². The van der Waals surface area contributed by atoms with Crippen molar-refractivity contribution in [2.45, 2.75) is 26.9 Å². The molecule has 0 spiro atoms. The van der Waals surface area contributed by atoms with Crippen molar-refractivity contribution in [2.75, 3.05) is 11.1 Å². The van der Waals surface area contributed by atoms with E-state index in [0.29, 0.717) is 10.2 Å². The van der Waals surface area contributed by atoms with Crippen LogP contribution in [-0.4, -0.2) is 21.1 Å². The highest BCUT2D eigenvalue weighted by Gasteiger charge is 2.10. The Kier molecular flexibility index (Phi) is 4.56. The van der Waals surface area contributed by atoms with Crippen molar-refractivity contribution in [2.24, 2.45) is 0 Å². The number of nitrogens with one attached hydrogen (secondary N) is 1. The Balaban J connectivity index is 2.31. The number of hydrogen-bond acceptors (Lipinski definition) is 6. The van der Waals surface area contributed by atoms with Crippen LogP contribution in [0.3, 0.4) is 0 Å². The Morgan fingerprint density at radius 2 is 2.00 bits per heavy atom. The Morgan fingerprint density at radius 3 is 2.67 bits per heavy atom. The molecule has 112 valence electrons. The molecular formula is C13H15BrFN5O. The fourth-order valence-corrected chi connectivity index (χ4v) is 2.05. The zero-order chi connectivity index (χ0) is 15.6. The van der Waals surface area contributed by atoms with Gasteiger partial charge in [-0.3, -0.25) is 0 Å². The van der Waals surface area contributed by atoms with Crippen LogP contribution in [0.25, 0.3) is 0 Å². The maximum Gasteiger partial charge on any atom is 0.323 e. The SMILES string of the molecule is Cc1cc(Br)c(F)cc1Nc1nc(N)nc(OC(C)C)n1. The van der Waals surface area contributed by atoms with E-state index in [1.165, 1.54) is 6.07 Å². The number of aryl methyl sites for hydroxylation is 1. The van der Waals surface area contributed by atoms with Gasteiger partial charge in [-0.15, -0.1) is 0 Å². The van der Waals surface area contributed by atoms with Crippen LogP contribution in [0, 0.1) is 12.7 Å². The summed E-state index contributed by atoms with van der Waals surface area (Å²) in [5, 5.41) is 2.91. The van der Waals surface area contributed by atoms with E-state index in [2.05, 4.69) is 36.2 Å². The molecule has 0 aliphatic carbocycles. The highest BCUT2D eigenvalue weighted by molar-refractivity contribution is 9.10. The number of hydrogen-bond donors (Lipinski definition) is 2. The minimum absolute atomic E-state index is 0.0263. The molecule has 0 saturated heterocycles. The molecule has 6 nitrogen and oxygen atoms in total. The van der Waals surface area contributed by atoms with E-state index in [0.717, 1.165) is 5.56 Å². The average Bonchev–Trinajstić information content (AvgIpc) is 2.34. The van der Waals surface area contributed by atoms with E-state index in [4.69, 9.17) is 10.5 Å². The number of nitrogen functional groups attached to an aromatic ring is 1. The van der Waals surface area contributed by atoms with E-state index < -0.39 is 0 Å². The minimum atomic E-state index is -0.385. The third-order valence-electron chi connectivity index (χ3n) is 2.49.